The van der Waals surface area contributed by atoms with Gasteiger partial charge in [0, 0.05) is 37.1 Å². The number of hydrogen-bond acceptors (Lipinski definition) is 5. The van der Waals surface area contributed by atoms with Gasteiger partial charge in [-0.05, 0) is 41.4 Å². The fraction of sp³-hybridized carbons (Fsp3) is 0.316. The quantitative estimate of drug-likeness (QED) is 0.272. The number of nitrogens with zero attached hydrogens (tertiary/aromatic N) is 4. The lowest BCUT2D eigenvalue weighted by atomic mass is 10.2. The summed E-state index contributed by atoms with van der Waals surface area (Å²) in [6, 6.07) is 9.53. The summed E-state index contributed by atoms with van der Waals surface area (Å²) in [6.07, 6.45) is 0.578. The lowest BCUT2D eigenvalue weighted by Gasteiger charge is -2.21. The Kier molecular flexibility index (Phi) is 9.20. The summed E-state index contributed by atoms with van der Waals surface area (Å²) in [7, 11) is 2.03. The highest BCUT2D eigenvalue weighted by Crippen LogP contribution is 2.20. The second kappa shape index (κ2) is 11.4. The molecule has 0 bridgehead atoms. The van der Waals surface area contributed by atoms with Crippen molar-refractivity contribution < 1.29 is 4.52 Å². The molecule has 3 rings (SSSR count). The van der Waals surface area contributed by atoms with Gasteiger partial charge in [0.05, 0.1) is 6.54 Å². The second-order valence-electron chi connectivity index (χ2n) is 6.00. The highest BCUT2D eigenvalue weighted by molar-refractivity contribution is 14.0. The Labute approximate surface area is 191 Å². The Morgan fingerprint density at radius 3 is 2.93 bits per heavy atom. The van der Waals surface area contributed by atoms with Gasteiger partial charge in [0.1, 0.15) is 0 Å². The molecular formula is C19H23ClIN5OS. The monoisotopic (exact) mass is 531 g/mol. The van der Waals surface area contributed by atoms with E-state index in [0.29, 0.717) is 29.7 Å². The van der Waals surface area contributed by atoms with E-state index in [9.17, 15) is 0 Å². The molecule has 1 N–H and O–H groups in total. The van der Waals surface area contributed by atoms with Crippen molar-refractivity contribution in [1.29, 1.82) is 0 Å². The minimum atomic E-state index is 0. The molecule has 0 saturated heterocycles. The number of benzene rings is 1. The van der Waals surface area contributed by atoms with Crippen LogP contribution in [0, 0.1) is 0 Å². The molecular weight excluding hydrogens is 509 g/mol. The Balaban J connectivity index is 0.00000280. The van der Waals surface area contributed by atoms with Crippen LogP contribution in [0.4, 0.5) is 0 Å². The van der Waals surface area contributed by atoms with Crippen LogP contribution in [-0.2, 0) is 13.0 Å². The molecule has 0 fully saturated rings. The van der Waals surface area contributed by atoms with Gasteiger partial charge in [-0.3, -0.25) is 4.99 Å². The zero-order chi connectivity index (χ0) is 19.1. The number of halogens is 2. The van der Waals surface area contributed by atoms with Crippen LogP contribution in [0.1, 0.15) is 18.4 Å². The highest BCUT2D eigenvalue weighted by Gasteiger charge is 2.10. The van der Waals surface area contributed by atoms with E-state index in [2.05, 4.69) is 49.1 Å². The summed E-state index contributed by atoms with van der Waals surface area (Å²) in [5, 5.41) is 12.2. The molecule has 0 aliphatic heterocycles. The van der Waals surface area contributed by atoms with Crippen LogP contribution in [0.15, 0.2) is 50.6 Å². The van der Waals surface area contributed by atoms with Crippen molar-refractivity contribution in [3.05, 3.63) is 57.6 Å². The maximum Gasteiger partial charge on any atom is 0.228 e. The average molecular weight is 532 g/mol. The van der Waals surface area contributed by atoms with Crippen LogP contribution < -0.4 is 5.32 Å². The molecule has 150 valence electrons. The maximum atomic E-state index is 6.02. The highest BCUT2D eigenvalue weighted by atomic mass is 127. The third kappa shape index (κ3) is 6.46. The Morgan fingerprint density at radius 2 is 2.21 bits per heavy atom. The number of rotatable bonds is 7. The lowest BCUT2D eigenvalue weighted by molar-refractivity contribution is 0.380. The third-order valence-electron chi connectivity index (χ3n) is 3.83. The summed E-state index contributed by atoms with van der Waals surface area (Å²) >= 11 is 7.72. The Hall–Kier alpha value is -1.65. The van der Waals surface area contributed by atoms with E-state index in [-0.39, 0.29) is 24.0 Å². The first kappa shape index (κ1) is 22.6. The predicted molar refractivity (Wildman–Crippen MR) is 126 cm³/mol. The molecule has 1 aromatic carbocycles. The average Bonchev–Trinajstić information content (AvgIpc) is 3.33. The molecule has 0 spiro atoms. The van der Waals surface area contributed by atoms with Gasteiger partial charge >= 0.3 is 0 Å². The van der Waals surface area contributed by atoms with Crippen molar-refractivity contribution in [2.45, 2.75) is 19.9 Å². The smallest absolute Gasteiger partial charge is 0.228 e. The van der Waals surface area contributed by atoms with Gasteiger partial charge in [-0.2, -0.15) is 16.3 Å². The molecule has 0 radical (unpaired) electrons. The van der Waals surface area contributed by atoms with E-state index in [4.69, 9.17) is 16.1 Å². The van der Waals surface area contributed by atoms with E-state index in [1.165, 1.54) is 5.56 Å². The fourth-order valence-corrected chi connectivity index (χ4v) is 3.41. The normalized spacial score (nSPS) is 11.2. The van der Waals surface area contributed by atoms with Crippen LogP contribution >= 0.6 is 46.9 Å². The summed E-state index contributed by atoms with van der Waals surface area (Å²) in [6.45, 7) is 4.25. The number of aliphatic imine (C=N–C) groups is 1. The summed E-state index contributed by atoms with van der Waals surface area (Å²) in [5.74, 6) is 1.96. The molecule has 0 aliphatic rings. The molecule has 0 unspecified atom stereocenters. The zero-order valence-corrected chi connectivity index (χ0v) is 19.7. The SMILES string of the molecule is CCNC(=NCCc1nc(-c2cccc(Cl)c2)no1)N(C)Cc1ccsc1.I. The lowest BCUT2D eigenvalue weighted by Crippen LogP contribution is -2.38. The summed E-state index contributed by atoms with van der Waals surface area (Å²) in [5.41, 5.74) is 2.11. The van der Waals surface area contributed by atoms with Crippen molar-refractivity contribution in [2.24, 2.45) is 4.99 Å². The van der Waals surface area contributed by atoms with Gasteiger partial charge in [-0.1, -0.05) is 28.9 Å². The summed E-state index contributed by atoms with van der Waals surface area (Å²) in [4.78, 5) is 11.2. The van der Waals surface area contributed by atoms with Crippen LogP contribution in [0.2, 0.25) is 5.02 Å². The first-order chi connectivity index (χ1) is 13.2. The molecule has 0 amide bonds. The van der Waals surface area contributed by atoms with Crippen molar-refractivity contribution in [3.63, 3.8) is 0 Å². The van der Waals surface area contributed by atoms with Gasteiger partial charge in [0.25, 0.3) is 0 Å². The first-order valence-electron chi connectivity index (χ1n) is 8.74. The minimum absolute atomic E-state index is 0. The number of hydrogen-bond donors (Lipinski definition) is 1. The Bertz CT molecular complexity index is 884. The molecule has 6 nitrogen and oxygen atoms in total. The van der Waals surface area contributed by atoms with E-state index in [1.807, 2.05) is 31.3 Å². The Morgan fingerprint density at radius 1 is 1.36 bits per heavy atom. The largest absolute Gasteiger partial charge is 0.357 e. The van der Waals surface area contributed by atoms with E-state index in [1.54, 1.807) is 11.3 Å². The molecule has 0 atom stereocenters. The van der Waals surface area contributed by atoms with E-state index >= 15 is 0 Å². The predicted octanol–water partition coefficient (Wildman–Crippen LogP) is 4.71. The van der Waals surface area contributed by atoms with Gasteiger partial charge in [0.2, 0.25) is 11.7 Å². The van der Waals surface area contributed by atoms with Gasteiger partial charge < -0.3 is 14.7 Å². The minimum Gasteiger partial charge on any atom is -0.357 e. The maximum absolute atomic E-state index is 6.02. The number of guanidine groups is 1. The topological polar surface area (TPSA) is 66.5 Å². The first-order valence-corrected chi connectivity index (χ1v) is 10.1. The molecule has 2 aromatic heterocycles. The number of nitrogens with one attached hydrogen (secondary N) is 1. The number of aromatic nitrogens is 2. The molecule has 28 heavy (non-hydrogen) atoms. The van der Waals surface area contributed by atoms with Crippen molar-refractivity contribution in [2.75, 3.05) is 20.1 Å². The second-order valence-corrected chi connectivity index (χ2v) is 7.21. The van der Waals surface area contributed by atoms with Crippen LogP contribution in [0.3, 0.4) is 0 Å². The molecule has 2 heterocycles. The third-order valence-corrected chi connectivity index (χ3v) is 4.80. The summed E-state index contributed by atoms with van der Waals surface area (Å²) < 4.78 is 5.34. The zero-order valence-electron chi connectivity index (χ0n) is 15.8. The van der Waals surface area contributed by atoms with Gasteiger partial charge in [0.15, 0.2) is 5.96 Å². The van der Waals surface area contributed by atoms with Crippen molar-refractivity contribution in [3.8, 4) is 11.4 Å². The molecule has 0 aliphatic carbocycles. The standard InChI is InChI=1S/C19H22ClN5OS.HI/c1-3-21-19(25(2)12-14-8-10-27-13-14)22-9-7-17-23-18(24-26-17)15-5-4-6-16(20)11-15;/h4-6,8,10-11,13H,3,7,9,12H2,1-2H3,(H,21,22);1H. The van der Waals surface area contributed by atoms with Crippen LogP contribution in [-0.4, -0.2) is 41.1 Å². The van der Waals surface area contributed by atoms with E-state index in [0.717, 1.165) is 24.6 Å². The van der Waals surface area contributed by atoms with Crippen LogP contribution in [0.5, 0.6) is 0 Å². The molecule has 3 aromatic rings. The fourth-order valence-electron chi connectivity index (χ4n) is 2.56. The number of thiophene rings is 1. The van der Waals surface area contributed by atoms with Crippen molar-refractivity contribution in [1.82, 2.24) is 20.4 Å². The molecule has 9 heteroatoms. The van der Waals surface area contributed by atoms with Gasteiger partial charge in [-0.15, -0.1) is 24.0 Å². The van der Waals surface area contributed by atoms with Gasteiger partial charge in [-0.25, -0.2) is 0 Å². The van der Waals surface area contributed by atoms with E-state index < -0.39 is 0 Å². The molecule has 0 saturated carbocycles. The van der Waals surface area contributed by atoms with Crippen LogP contribution in [0.25, 0.3) is 11.4 Å². The van der Waals surface area contributed by atoms with Crippen molar-refractivity contribution >= 4 is 52.9 Å².